The Morgan fingerprint density at radius 2 is 1.39 bits per heavy atom. The molecule has 0 saturated carbocycles. The maximum atomic E-state index is 12.5. The highest BCUT2D eigenvalue weighted by Gasteiger charge is 2.27. The van der Waals surface area contributed by atoms with Crippen molar-refractivity contribution in [2.75, 3.05) is 27.3 Å². The molecule has 0 heterocycles. The smallest absolute Gasteiger partial charge is 0.341 e. The Morgan fingerprint density at radius 3 is 1.89 bits per heavy atom. The normalized spacial score (nSPS) is 12.4. The van der Waals surface area contributed by atoms with Crippen molar-refractivity contribution >= 4 is 19.9 Å². The van der Waals surface area contributed by atoms with Crippen LogP contribution < -0.4 is 9.47 Å². The minimum absolute atomic E-state index is 0.0193. The third-order valence-corrected chi connectivity index (χ3v) is 7.10. The van der Waals surface area contributed by atoms with Crippen LogP contribution in [0.1, 0.15) is 0 Å². The fourth-order valence-corrected chi connectivity index (χ4v) is 4.04. The highest BCUT2D eigenvalue weighted by atomic mass is 32.2. The molecular weight excluding hydrogens is 416 g/mol. The molecule has 2 aromatic rings. The fraction of sp³-hybridized carbons (Fsp3) is 0.294. The summed E-state index contributed by atoms with van der Waals surface area (Å²) in [4.78, 5) is -0.861. The van der Waals surface area contributed by atoms with Crippen LogP contribution in [0.2, 0.25) is 0 Å². The van der Waals surface area contributed by atoms with Crippen molar-refractivity contribution in [1.29, 1.82) is 0 Å². The van der Waals surface area contributed by atoms with Gasteiger partial charge in [0, 0.05) is 13.6 Å². The van der Waals surface area contributed by atoms with Crippen LogP contribution in [0, 0.1) is 0 Å². The van der Waals surface area contributed by atoms with Gasteiger partial charge in [0.1, 0.15) is 18.1 Å². The summed E-state index contributed by atoms with van der Waals surface area (Å²) in [6, 6.07) is 10.4. The second kappa shape index (κ2) is 8.84. The van der Waals surface area contributed by atoms with E-state index >= 15 is 0 Å². The lowest BCUT2D eigenvalue weighted by Gasteiger charge is -2.18. The van der Waals surface area contributed by atoms with Gasteiger partial charge in [-0.2, -0.15) is 13.1 Å². The van der Waals surface area contributed by atoms with Crippen LogP contribution in [0.3, 0.4) is 0 Å². The molecule has 0 spiro atoms. The first-order valence-corrected chi connectivity index (χ1v) is 10.9. The molecule has 0 aromatic heterocycles. The molecule has 0 amide bonds. The van der Waals surface area contributed by atoms with Crippen LogP contribution in [0.4, 0.5) is 8.78 Å². The standard InChI is InChI=1S/C17H19F2NO6S2/c1-20(11-12-26-14-5-3-13(25-2)4-6-14)28(23,24)16-9-7-15(8-10-16)27(21,22)17(18)19/h3-10,17H,11-12H2,1-2H3. The second-order valence-electron chi connectivity index (χ2n) is 5.63. The molecule has 28 heavy (non-hydrogen) atoms. The molecular formula is C17H19F2NO6S2. The van der Waals surface area contributed by atoms with E-state index < -0.39 is 30.5 Å². The number of sulfonamides is 1. The molecule has 0 unspecified atom stereocenters. The average molecular weight is 435 g/mol. The number of halogens is 2. The monoisotopic (exact) mass is 435 g/mol. The van der Waals surface area contributed by atoms with Crippen molar-refractivity contribution in [3.8, 4) is 11.5 Å². The number of alkyl halides is 2. The molecule has 0 bridgehead atoms. The van der Waals surface area contributed by atoms with Crippen molar-refractivity contribution in [2.24, 2.45) is 0 Å². The van der Waals surface area contributed by atoms with Gasteiger partial charge in [-0.3, -0.25) is 0 Å². The predicted octanol–water partition coefficient (Wildman–Crippen LogP) is 2.39. The molecule has 0 radical (unpaired) electrons. The first-order chi connectivity index (χ1) is 13.1. The van der Waals surface area contributed by atoms with Crippen LogP contribution in [-0.4, -0.2) is 54.2 Å². The minimum Gasteiger partial charge on any atom is -0.497 e. The zero-order chi connectivity index (χ0) is 20.9. The van der Waals surface area contributed by atoms with E-state index in [1.807, 2.05) is 0 Å². The van der Waals surface area contributed by atoms with Gasteiger partial charge in [0.15, 0.2) is 0 Å². The van der Waals surface area contributed by atoms with Gasteiger partial charge in [-0.25, -0.2) is 16.8 Å². The Labute approximate surface area is 162 Å². The lowest BCUT2D eigenvalue weighted by Crippen LogP contribution is -2.31. The molecule has 0 aliphatic carbocycles. The largest absolute Gasteiger partial charge is 0.497 e. The van der Waals surface area contributed by atoms with Crippen molar-refractivity contribution in [2.45, 2.75) is 15.5 Å². The van der Waals surface area contributed by atoms with Gasteiger partial charge in [-0.15, -0.1) is 0 Å². The molecule has 0 aliphatic heterocycles. The van der Waals surface area contributed by atoms with Crippen LogP contribution in [0.5, 0.6) is 11.5 Å². The number of sulfone groups is 1. The average Bonchev–Trinajstić information content (AvgIpc) is 2.68. The number of benzene rings is 2. The number of ether oxygens (including phenoxy) is 2. The maximum Gasteiger partial charge on any atom is 0.341 e. The SMILES string of the molecule is COc1ccc(OCCN(C)S(=O)(=O)c2ccc(S(=O)(=O)C(F)F)cc2)cc1. The van der Waals surface area contributed by atoms with E-state index in [4.69, 9.17) is 9.47 Å². The van der Waals surface area contributed by atoms with Gasteiger partial charge in [-0.05, 0) is 48.5 Å². The molecule has 0 fully saturated rings. The third-order valence-electron chi connectivity index (χ3n) is 3.83. The van der Waals surface area contributed by atoms with Gasteiger partial charge in [0.25, 0.3) is 0 Å². The summed E-state index contributed by atoms with van der Waals surface area (Å²) in [5.41, 5.74) is 0. The molecule has 11 heteroatoms. The molecule has 7 nitrogen and oxygen atoms in total. The van der Waals surface area contributed by atoms with Crippen LogP contribution >= 0.6 is 0 Å². The van der Waals surface area contributed by atoms with Crippen LogP contribution in [0.15, 0.2) is 58.3 Å². The van der Waals surface area contributed by atoms with E-state index in [0.717, 1.165) is 28.6 Å². The lowest BCUT2D eigenvalue weighted by atomic mass is 10.3. The summed E-state index contributed by atoms with van der Waals surface area (Å²) in [7, 11) is -5.85. The molecule has 2 rings (SSSR count). The third kappa shape index (κ3) is 4.97. The Morgan fingerprint density at radius 1 is 0.893 bits per heavy atom. The molecule has 2 aromatic carbocycles. The number of methoxy groups -OCH3 is 1. The Balaban J connectivity index is 2.02. The van der Waals surface area contributed by atoms with Crippen molar-refractivity contribution in [3.05, 3.63) is 48.5 Å². The van der Waals surface area contributed by atoms with Gasteiger partial charge >= 0.3 is 5.76 Å². The summed E-state index contributed by atoms with van der Waals surface area (Å²) >= 11 is 0. The summed E-state index contributed by atoms with van der Waals surface area (Å²) in [5.74, 6) is -2.38. The zero-order valence-electron chi connectivity index (χ0n) is 15.1. The van der Waals surface area contributed by atoms with Crippen LogP contribution in [0.25, 0.3) is 0 Å². The number of likely N-dealkylation sites (N-methyl/N-ethyl adjacent to an activating group) is 1. The fourth-order valence-electron chi connectivity index (χ4n) is 2.17. The number of hydrogen-bond donors (Lipinski definition) is 0. The molecule has 0 atom stereocenters. The van der Waals surface area contributed by atoms with E-state index in [9.17, 15) is 25.6 Å². The van der Waals surface area contributed by atoms with Crippen LogP contribution in [-0.2, 0) is 19.9 Å². The minimum atomic E-state index is -4.78. The molecule has 0 N–H and O–H groups in total. The highest BCUT2D eigenvalue weighted by Crippen LogP contribution is 2.22. The van der Waals surface area contributed by atoms with Crippen molar-refractivity contribution < 1.29 is 35.1 Å². The van der Waals surface area contributed by atoms with E-state index in [1.165, 1.54) is 14.2 Å². The molecule has 154 valence electrons. The quantitative estimate of drug-likeness (QED) is 0.601. The summed E-state index contributed by atoms with van der Waals surface area (Å²) < 4.78 is 84.5. The van der Waals surface area contributed by atoms with Gasteiger partial charge in [0.05, 0.1) is 16.9 Å². The lowest BCUT2D eigenvalue weighted by molar-refractivity contribution is 0.234. The van der Waals surface area contributed by atoms with Gasteiger partial charge in [-0.1, -0.05) is 0 Å². The Hall–Kier alpha value is -2.24. The number of nitrogens with zero attached hydrogens (tertiary/aromatic N) is 1. The van der Waals surface area contributed by atoms with Crippen molar-refractivity contribution in [3.63, 3.8) is 0 Å². The van der Waals surface area contributed by atoms with Gasteiger partial charge < -0.3 is 9.47 Å². The number of hydrogen-bond acceptors (Lipinski definition) is 6. The first kappa shape index (κ1) is 22.1. The van der Waals surface area contributed by atoms with Crippen molar-refractivity contribution in [1.82, 2.24) is 4.31 Å². The highest BCUT2D eigenvalue weighted by molar-refractivity contribution is 7.91. The topological polar surface area (TPSA) is 90.0 Å². The zero-order valence-corrected chi connectivity index (χ0v) is 16.7. The Bertz CT molecular complexity index is 991. The predicted molar refractivity (Wildman–Crippen MR) is 97.9 cm³/mol. The van der Waals surface area contributed by atoms with E-state index in [1.54, 1.807) is 24.3 Å². The first-order valence-electron chi connectivity index (χ1n) is 7.94. The van der Waals surface area contributed by atoms with E-state index in [0.29, 0.717) is 11.5 Å². The Kier molecular flexibility index (Phi) is 6.96. The summed E-state index contributed by atoms with van der Waals surface area (Å²) in [5, 5.41) is 0. The molecule has 0 saturated heterocycles. The second-order valence-corrected chi connectivity index (χ2v) is 9.59. The van der Waals surface area contributed by atoms with E-state index in [-0.39, 0.29) is 18.0 Å². The maximum absolute atomic E-state index is 12.5. The molecule has 0 aliphatic rings. The summed E-state index contributed by atoms with van der Waals surface area (Å²) in [6.45, 7) is 0.0886. The summed E-state index contributed by atoms with van der Waals surface area (Å²) in [6.07, 6.45) is 0. The van der Waals surface area contributed by atoms with Gasteiger partial charge in [0.2, 0.25) is 19.9 Å². The van der Waals surface area contributed by atoms with E-state index in [2.05, 4.69) is 0 Å². The number of rotatable bonds is 9.